The van der Waals surface area contributed by atoms with Crippen LogP contribution in [0.1, 0.15) is 31.7 Å². The monoisotopic (exact) mass is 452 g/mol. The first-order chi connectivity index (χ1) is 15.2. The molecular weight excluding hydrogens is 431 g/mol. The second kappa shape index (κ2) is 9.46. The Bertz CT molecular complexity index is 1120. The number of halogens is 5. The zero-order valence-corrected chi connectivity index (χ0v) is 17.4. The van der Waals surface area contributed by atoms with Crippen molar-refractivity contribution in [2.24, 2.45) is 5.92 Å². The molecule has 1 saturated heterocycles. The molecule has 32 heavy (non-hydrogen) atoms. The van der Waals surface area contributed by atoms with Crippen molar-refractivity contribution in [1.82, 2.24) is 19.5 Å². The first-order valence-corrected chi connectivity index (χ1v) is 10.0. The Morgan fingerprint density at radius 3 is 2.44 bits per heavy atom. The van der Waals surface area contributed by atoms with Gasteiger partial charge in [-0.15, -0.1) is 0 Å². The highest BCUT2D eigenvalue weighted by atomic mass is 19.4. The van der Waals surface area contributed by atoms with Gasteiger partial charge in [-0.05, 0) is 18.2 Å². The van der Waals surface area contributed by atoms with Gasteiger partial charge in [0, 0.05) is 24.4 Å². The minimum Gasteiger partial charge on any atom is -0.336 e. The number of nitrogens with zero attached hydrogens (tertiary/aromatic N) is 4. The van der Waals surface area contributed by atoms with E-state index in [0.29, 0.717) is 17.3 Å². The van der Waals surface area contributed by atoms with E-state index in [1.807, 2.05) is 13.8 Å². The topological polar surface area (TPSA) is 50.5 Å². The summed E-state index contributed by atoms with van der Waals surface area (Å²) in [6, 6.07) is 11.9. The number of carbonyl (C=O) groups excluding carboxylic acids is 1. The molecule has 1 unspecified atom stereocenters. The van der Waals surface area contributed by atoms with Gasteiger partial charge < -0.3 is 4.90 Å². The van der Waals surface area contributed by atoms with Crippen molar-refractivity contribution >= 4 is 11.6 Å². The number of hydrogen-bond acceptors (Lipinski definition) is 3. The summed E-state index contributed by atoms with van der Waals surface area (Å²) in [7, 11) is 0. The van der Waals surface area contributed by atoms with Crippen molar-refractivity contribution in [2.75, 3.05) is 6.54 Å². The third kappa shape index (κ3) is 4.95. The molecule has 4 rings (SSSR count). The fourth-order valence-electron chi connectivity index (χ4n) is 3.54. The van der Waals surface area contributed by atoms with Gasteiger partial charge in [-0.25, -0.2) is 9.50 Å². The molecule has 0 radical (unpaired) electrons. The van der Waals surface area contributed by atoms with E-state index in [4.69, 9.17) is 0 Å². The maximum atomic E-state index is 13.6. The Morgan fingerprint density at radius 2 is 1.81 bits per heavy atom. The number of imidazole rings is 1. The average molecular weight is 452 g/mol. The minimum absolute atomic E-state index is 0.0186. The zero-order valence-electron chi connectivity index (χ0n) is 17.4. The summed E-state index contributed by atoms with van der Waals surface area (Å²) < 4.78 is 66.9. The molecule has 170 valence electrons. The van der Waals surface area contributed by atoms with E-state index < -0.39 is 36.3 Å². The van der Waals surface area contributed by atoms with Crippen LogP contribution in [-0.4, -0.2) is 31.9 Å². The van der Waals surface area contributed by atoms with Crippen molar-refractivity contribution in [2.45, 2.75) is 33.0 Å². The second-order valence-electron chi connectivity index (χ2n) is 6.95. The van der Waals surface area contributed by atoms with E-state index in [2.05, 4.69) is 10.1 Å². The highest BCUT2D eigenvalue weighted by Crippen LogP contribution is 2.34. The maximum Gasteiger partial charge on any atom is 0.435 e. The molecule has 3 heterocycles. The van der Waals surface area contributed by atoms with Crippen LogP contribution in [0.2, 0.25) is 0 Å². The van der Waals surface area contributed by atoms with E-state index in [1.165, 1.54) is 6.07 Å². The van der Waals surface area contributed by atoms with Crippen molar-refractivity contribution < 1.29 is 26.7 Å². The standard InChI is InChI=1S/C20H15F5N4O.C2H6/c21-16(22)8-12-9-18(30)28(10-12)11-15-19(20(23,24)25)26-17-7-6-14(27-29(15)17)13-4-2-1-3-5-13;1-2/h1-8,12H,9-11H2;1-2H3. The lowest BCUT2D eigenvalue weighted by Crippen LogP contribution is -2.27. The van der Waals surface area contributed by atoms with E-state index in [0.717, 1.165) is 9.42 Å². The van der Waals surface area contributed by atoms with E-state index in [9.17, 15) is 26.7 Å². The molecule has 0 aliphatic carbocycles. The summed E-state index contributed by atoms with van der Waals surface area (Å²) in [5.41, 5.74) is -0.343. The molecule has 1 aliphatic heterocycles. The molecule has 1 fully saturated rings. The zero-order chi connectivity index (χ0) is 23.5. The number of amides is 1. The van der Waals surface area contributed by atoms with Crippen LogP contribution in [0.15, 0.2) is 54.6 Å². The number of alkyl halides is 3. The number of carbonyl (C=O) groups is 1. The van der Waals surface area contributed by atoms with Gasteiger partial charge in [0.05, 0.1) is 17.9 Å². The number of rotatable bonds is 4. The SMILES string of the molecule is CC.O=C1CC(C=C(F)F)CN1Cc1c(C(F)(F)F)nc2ccc(-c3ccccc3)nn12. The Hall–Kier alpha value is -3.30. The molecule has 2 aromatic heterocycles. The fourth-order valence-corrected chi connectivity index (χ4v) is 3.54. The fraction of sp³-hybridized carbons (Fsp3) is 0.318. The van der Waals surface area contributed by atoms with Crippen LogP contribution in [0.3, 0.4) is 0 Å². The number of fused-ring (bicyclic) bond motifs is 1. The number of aromatic nitrogens is 3. The van der Waals surface area contributed by atoms with Crippen molar-refractivity contribution in [3.63, 3.8) is 0 Å². The lowest BCUT2D eigenvalue weighted by Gasteiger charge is -2.17. The lowest BCUT2D eigenvalue weighted by molar-refractivity contribution is -0.142. The second-order valence-corrected chi connectivity index (χ2v) is 6.95. The molecule has 5 nitrogen and oxygen atoms in total. The van der Waals surface area contributed by atoms with Crippen LogP contribution in [0.25, 0.3) is 16.9 Å². The van der Waals surface area contributed by atoms with Gasteiger partial charge in [0.25, 0.3) is 6.08 Å². The van der Waals surface area contributed by atoms with Gasteiger partial charge in [0.2, 0.25) is 5.91 Å². The highest BCUT2D eigenvalue weighted by molar-refractivity contribution is 5.79. The molecule has 0 saturated carbocycles. The molecule has 10 heteroatoms. The Balaban J connectivity index is 0.00000141. The Kier molecular flexibility index (Phi) is 6.90. The number of likely N-dealkylation sites (tertiary alicyclic amines) is 1. The average Bonchev–Trinajstić information content (AvgIpc) is 3.29. The number of benzene rings is 1. The van der Waals surface area contributed by atoms with Crippen LogP contribution in [-0.2, 0) is 17.5 Å². The smallest absolute Gasteiger partial charge is 0.336 e. The van der Waals surface area contributed by atoms with Crippen molar-refractivity contribution in [1.29, 1.82) is 0 Å². The summed E-state index contributed by atoms with van der Waals surface area (Å²) in [5, 5.41) is 4.30. The molecular formula is C22H21F5N4O. The van der Waals surface area contributed by atoms with Gasteiger partial charge in [0.15, 0.2) is 11.3 Å². The van der Waals surface area contributed by atoms with Crippen LogP contribution >= 0.6 is 0 Å². The van der Waals surface area contributed by atoms with Crippen LogP contribution in [0.5, 0.6) is 0 Å². The molecule has 1 atom stereocenters. The molecule has 0 spiro atoms. The largest absolute Gasteiger partial charge is 0.435 e. The van der Waals surface area contributed by atoms with Gasteiger partial charge in [-0.2, -0.15) is 27.1 Å². The molecule has 1 aliphatic rings. The quantitative estimate of drug-likeness (QED) is 0.487. The predicted molar refractivity (Wildman–Crippen MR) is 109 cm³/mol. The van der Waals surface area contributed by atoms with E-state index >= 15 is 0 Å². The summed E-state index contributed by atoms with van der Waals surface area (Å²) >= 11 is 0. The van der Waals surface area contributed by atoms with Crippen LogP contribution in [0.4, 0.5) is 22.0 Å². The van der Waals surface area contributed by atoms with E-state index in [-0.39, 0.29) is 24.3 Å². The van der Waals surface area contributed by atoms with Crippen molar-refractivity contribution in [3.8, 4) is 11.3 Å². The Morgan fingerprint density at radius 1 is 1.12 bits per heavy atom. The summed E-state index contributed by atoms with van der Waals surface area (Å²) in [6.07, 6.45) is -6.21. The molecule has 0 N–H and O–H groups in total. The normalized spacial score (nSPS) is 16.2. The van der Waals surface area contributed by atoms with Crippen LogP contribution in [0, 0.1) is 5.92 Å². The molecule has 1 aromatic carbocycles. The van der Waals surface area contributed by atoms with Gasteiger partial charge >= 0.3 is 6.18 Å². The Labute approximate surface area is 181 Å². The maximum absolute atomic E-state index is 13.6. The molecule has 0 bridgehead atoms. The predicted octanol–water partition coefficient (Wildman–Crippen LogP) is 5.57. The van der Waals surface area contributed by atoms with Gasteiger partial charge in [-0.3, -0.25) is 4.79 Å². The minimum atomic E-state index is -4.76. The van der Waals surface area contributed by atoms with Gasteiger partial charge in [-0.1, -0.05) is 44.2 Å². The number of hydrogen-bond donors (Lipinski definition) is 0. The van der Waals surface area contributed by atoms with Crippen LogP contribution < -0.4 is 0 Å². The molecule has 1 amide bonds. The highest BCUT2D eigenvalue weighted by Gasteiger charge is 2.40. The summed E-state index contributed by atoms with van der Waals surface area (Å²) in [5.74, 6) is -1.25. The van der Waals surface area contributed by atoms with Crippen molar-refractivity contribution in [3.05, 3.63) is 66.0 Å². The van der Waals surface area contributed by atoms with E-state index in [1.54, 1.807) is 36.4 Å². The first-order valence-electron chi connectivity index (χ1n) is 10.0. The van der Waals surface area contributed by atoms with Gasteiger partial charge in [0.1, 0.15) is 0 Å². The third-order valence-electron chi connectivity index (χ3n) is 4.86. The summed E-state index contributed by atoms with van der Waals surface area (Å²) in [6.45, 7) is 3.47. The molecule has 3 aromatic rings. The first kappa shape index (κ1) is 23.4. The lowest BCUT2D eigenvalue weighted by atomic mass is 10.1. The summed E-state index contributed by atoms with van der Waals surface area (Å²) in [4.78, 5) is 17.0. The third-order valence-corrected chi connectivity index (χ3v) is 4.86.